The summed E-state index contributed by atoms with van der Waals surface area (Å²) in [5.41, 5.74) is 3.00. The van der Waals surface area contributed by atoms with Crippen LogP contribution in [0.2, 0.25) is 0 Å². The second kappa shape index (κ2) is 10.2. The third kappa shape index (κ3) is 5.18. The molecule has 0 saturated heterocycles. The molecule has 192 valence electrons. The molecule has 0 fully saturated rings. The molecule has 0 atom stereocenters. The number of primary sulfonamides is 1. The Balaban J connectivity index is 1.42. The number of sulfonamides is 1. The van der Waals surface area contributed by atoms with Gasteiger partial charge in [0.2, 0.25) is 10.0 Å². The quantitative estimate of drug-likeness (QED) is 0.294. The number of benzene rings is 2. The normalized spacial score (nSPS) is 11.4. The maximum atomic E-state index is 13.2. The van der Waals surface area contributed by atoms with Crippen LogP contribution in [-0.2, 0) is 19.6 Å². The first kappa shape index (κ1) is 25.3. The molecule has 3 heterocycles. The van der Waals surface area contributed by atoms with E-state index >= 15 is 0 Å². The highest BCUT2D eigenvalue weighted by atomic mass is 32.2. The minimum atomic E-state index is -3.85. The lowest BCUT2D eigenvalue weighted by Crippen LogP contribution is -2.21. The Morgan fingerprint density at radius 3 is 2.45 bits per heavy atom. The number of nitrogens with zero attached hydrogens (tertiary/aromatic N) is 3. The van der Waals surface area contributed by atoms with Crippen LogP contribution in [0.3, 0.4) is 0 Å². The van der Waals surface area contributed by atoms with Crippen LogP contribution in [0.4, 0.5) is 5.69 Å². The van der Waals surface area contributed by atoms with Crippen LogP contribution in [0.5, 0.6) is 0 Å². The predicted molar refractivity (Wildman–Crippen MR) is 144 cm³/mol. The summed E-state index contributed by atoms with van der Waals surface area (Å²) in [6.07, 6.45) is 0. The molecule has 0 spiro atoms. The van der Waals surface area contributed by atoms with Gasteiger partial charge in [0.15, 0.2) is 12.3 Å². The molecule has 3 aromatic heterocycles. The number of anilines is 1. The van der Waals surface area contributed by atoms with Crippen LogP contribution in [-0.4, -0.2) is 41.7 Å². The summed E-state index contributed by atoms with van der Waals surface area (Å²) in [6, 6.07) is 20.2. The van der Waals surface area contributed by atoms with Crippen molar-refractivity contribution in [1.82, 2.24) is 14.8 Å². The molecule has 0 aliphatic carbocycles. The molecule has 38 heavy (non-hydrogen) atoms. The minimum absolute atomic E-state index is 0.0865. The van der Waals surface area contributed by atoms with E-state index in [4.69, 9.17) is 14.9 Å². The zero-order chi connectivity index (χ0) is 26.9. The molecule has 0 bridgehead atoms. The van der Waals surface area contributed by atoms with E-state index in [2.05, 4.69) is 10.4 Å². The van der Waals surface area contributed by atoms with Gasteiger partial charge in [-0.05, 0) is 60.8 Å². The van der Waals surface area contributed by atoms with Crippen LogP contribution in [0.1, 0.15) is 16.1 Å². The maximum Gasteiger partial charge on any atom is 0.339 e. The zero-order valence-corrected chi connectivity index (χ0v) is 21.6. The second-order valence-electron chi connectivity index (χ2n) is 8.26. The van der Waals surface area contributed by atoms with Gasteiger partial charge in [-0.1, -0.05) is 24.3 Å². The van der Waals surface area contributed by atoms with Gasteiger partial charge in [0, 0.05) is 5.69 Å². The van der Waals surface area contributed by atoms with E-state index < -0.39 is 28.5 Å². The smallest absolute Gasteiger partial charge is 0.339 e. The number of aryl methyl sites for hydroxylation is 1. The topological polar surface area (TPSA) is 146 Å². The Hall–Kier alpha value is -4.39. The zero-order valence-electron chi connectivity index (χ0n) is 20.0. The number of para-hydroxylation sites is 1. The SMILES string of the molecule is Cc1nn(-c2ccccc2)c2nc(-c3cccs3)cc(C(=O)OCC(=O)Nc3ccc(S(N)(=O)=O)cc3)c12. The van der Waals surface area contributed by atoms with Gasteiger partial charge in [0.05, 0.1) is 37.8 Å². The first-order valence-electron chi connectivity index (χ1n) is 11.3. The molecule has 5 rings (SSSR count). The van der Waals surface area contributed by atoms with Gasteiger partial charge in [-0.2, -0.15) is 5.10 Å². The fraction of sp³-hybridized carbons (Fsp3) is 0.0769. The van der Waals surface area contributed by atoms with Gasteiger partial charge in [0.25, 0.3) is 5.91 Å². The average Bonchev–Trinajstić information content (AvgIpc) is 3.56. The number of fused-ring (bicyclic) bond motifs is 1. The number of amides is 1. The molecule has 1 amide bonds. The molecular weight excluding hydrogens is 526 g/mol. The Labute approximate surface area is 221 Å². The van der Waals surface area contributed by atoms with Crippen molar-refractivity contribution in [2.75, 3.05) is 11.9 Å². The minimum Gasteiger partial charge on any atom is -0.452 e. The third-order valence-electron chi connectivity index (χ3n) is 5.61. The molecule has 0 radical (unpaired) electrons. The number of hydrogen-bond donors (Lipinski definition) is 2. The number of pyridine rings is 1. The first-order valence-corrected chi connectivity index (χ1v) is 13.7. The highest BCUT2D eigenvalue weighted by Crippen LogP contribution is 2.31. The maximum absolute atomic E-state index is 13.2. The van der Waals surface area contributed by atoms with E-state index in [1.807, 2.05) is 47.8 Å². The fourth-order valence-corrected chi connectivity index (χ4v) is 5.09. The van der Waals surface area contributed by atoms with Crippen LogP contribution < -0.4 is 10.5 Å². The number of nitrogens with one attached hydrogen (secondary N) is 1. The van der Waals surface area contributed by atoms with Gasteiger partial charge < -0.3 is 10.1 Å². The van der Waals surface area contributed by atoms with E-state index in [-0.39, 0.29) is 10.5 Å². The van der Waals surface area contributed by atoms with Gasteiger partial charge in [-0.15, -0.1) is 11.3 Å². The summed E-state index contributed by atoms with van der Waals surface area (Å²) in [7, 11) is -3.85. The number of carbonyl (C=O) groups excluding carboxylic acids is 2. The summed E-state index contributed by atoms with van der Waals surface area (Å²) >= 11 is 1.48. The third-order valence-corrected chi connectivity index (χ3v) is 7.43. The van der Waals surface area contributed by atoms with Crippen molar-refractivity contribution in [2.45, 2.75) is 11.8 Å². The first-order chi connectivity index (χ1) is 18.2. The number of thiophene rings is 1. The highest BCUT2D eigenvalue weighted by molar-refractivity contribution is 7.89. The highest BCUT2D eigenvalue weighted by Gasteiger charge is 2.23. The molecule has 2 aromatic carbocycles. The summed E-state index contributed by atoms with van der Waals surface area (Å²) in [5, 5.41) is 14.7. The van der Waals surface area contributed by atoms with Gasteiger partial charge >= 0.3 is 5.97 Å². The van der Waals surface area contributed by atoms with E-state index in [1.54, 1.807) is 17.7 Å². The van der Waals surface area contributed by atoms with E-state index in [1.165, 1.54) is 35.6 Å². The van der Waals surface area contributed by atoms with Crippen LogP contribution in [0.15, 0.2) is 83.1 Å². The number of hydrogen-bond acceptors (Lipinski definition) is 8. The molecule has 0 aliphatic rings. The van der Waals surface area contributed by atoms with Crippen molar-refractivity contribution in [3.05, 3.63) is 89.4 Å². The van der Waals surface area contributed by atoms with Gasteiger partial charge in [-0.3, -0.25) is 4.79 Å². The molecule has 0 unspecified atom stereocenters. The molecule has 12 heteroatoms. The van der Waals surface area contributed by atoms with Crippen LogP contribution in [0, 0.1) is 6.92 Å². The van der Waals surface area contributed by atoms with E-state index in [0.717, 1.165) is 10.6 Å². The van der Waals surface area contributed by atoms with Crippen LogP contribution >= 0.6 is 11.3 Å². The lowest BCUT2D eigenvalue weighted by Gasteiger charge is -2.10. The van der Waals surface area contributed by atoms with Gasteiger partial charge in [0.1, 0.15) is 0 Å². The lowest BCUT2D eigenvalue weighted by atomic mass is 10.1. The summed E-state index contributed by atoms with van der Waals surface area (Å²) in [6.45, 7) is 1.22. The van der Waals surface area contributed by atoms with Crippen molar-refractivity contribution < 1.29 is 22.7 Å². The number of carbonyl (C=O) groups is 2. The summed E-state index contributed by atoms with van der Waals surface area (Å²) in [4.78, 5) is 31.3. The number of nitrogens with two attached hydrogens (primary N) is 1. The summed E-state index contributed by atoms with van der Waals surface area (Å²) in [5.74, 6) is -1.30. The number of esters is 1. The standard InChI is InChI=1S/C26H21N5O5S2/c1-16-24-20(26(33)36-15-23(32)28-17-9-11-19(12-10-17)38(27,34)35)14-21(22-8-5-13-37-22)29-25(24)31(30-16)18-6-3-2-4-7-18/h2-14H,15H2,1H3,(H,28,32)(H2,27,34,35). The summed E-state index contributed by atoms with van der Waals surface area (Å²) < 4.78 is 29.8. The Morgan fingerprint density at radius 2 is 1.79 bits per heavy atom. The number of aromatic nitrogens is 3. The van der Waals surface area contributed by atoms with Crippen molar-refractivity contribution in [3.63, 3.8) is 0 Å². The lowest BCUT2D eigenvalue weighted by molar-refractivity contribution is -0.119. The monoisotopic (exact) mass is 547 g/mol. The average molecular weight is 548 g/mol. The number of ether oxygens (including phenoxy) is 1. The molecule has 0 saturated carbocycles. The second-order valence-corrected chi connectivity index (χ2v) is 10.8. The Morgan fingerprint density at radius 1 is 1.05 bits per heavy atom. The predicted octanol–water partition coefficient (Wildman–Crippen LogP) is 3.90. The van der Waals surface area contributed by atoms with E-state index in [9.17, 15) is 18.0 Å². The molecule has 0 aliphatic heterocycles. The molecule has 10 nitrogen and oxygen atoms in total. The van der Waals surface area contributed by atoms with Crippen molar-refractivity contribution in [1.29, 1.82) is 0 Å². The van der Waals surface area contributed by atoms with E-state index in [0.29, 0.717) is 28.1 Å². The number of rotatable bonds is 7. The van der Waals surface area contributed by atoms with Crippen molar-refractivity contribution in [3.8, 4) is 16.3 Å². The van der Waals surface area contributed by atoms with Crippen molar-refractivity contribution in [2.24, 2.45) is 5.14 Å². The largest absolute Gasteiger partial charge is 0.452 e. The van der Waals surface area contributed by atoms with Crippen molar-refractivity contribution >= 4 is 50.0 Å². The van der Waals surface area contributed by atoms with Crippen LogP contribution in [0.25, 0.3) is 27.3 Å². The Kier molecular flexibility index (Phi) is 6.76. The molecule has 3 N–H and O–H groups in total. The van der Waals surface area contributed by atoms with Gasteiger partial charge in [-0.25, -0.2) is 28.0 Å². The molecular formula is C26H21N5O5S2. The fourth-order valence-electron chi connectivity index (χ4n) is 3.88. The molecule has 5 aromatic rings. The Bertz CT molecular complexity index is 1750.